The lowest BCUT2D eigenvalue weighted by Crippen LogP contribution is -2.46. The lowest BCUT2D eigenvalue weighted by Gasteiger charge is -2.24. The van der Waals surface area contributed by atoms with Gasteiger partial charge in [-0.2, -0.15) is 0 Å². The predicted molar refractivity (Wildman–Crippen MR) is 105 cm³/mol. The molecule has 0 bridgehead atoms. The van der Waals surface area contributed by atoms with Crippen molar-refractivity contribution in [3.63, 3.8) is 0 Å². The van der Waals surface area contributed by atoms with Crippen molar-refractivity contribution in [1.29, 1.82) is 0 Å². The summed E-state index contributed by atoms with van der Waals surface area (Å²) < 4.78 is 5.85. The highest BCUT2D eigenvalue weighted by Gasteiger charge is 2.28. The summed E-state index contributed by atoms with van der Waals surface area (Å²) in [5.74, 6) is 0.807. The molecule has 0 aliphatic carbocycles. The fourth-order valence-electron chi connectivity index (χ4n) is 2.98. The van der Waals surface area contributed by atoms with Gasteiger partial charge in [-0.1, -0.05) is 42.5 Å². The van der Waals surface area contributed by atoms with E-state index in [2.05, 4.69) is 20.8 Å². The number of nitrogens with one attached hydrogen (secondary N) is 2. The SMILES string of the molecule is CC1=C(c2nnc(-c3ccc(O)cc3)o2)C(/C=C/c2ccccc2)NC(=O)N1. The van der Waals surface area contributed by atoms with Crippen molar-refractivity contribution in [2.45, 2.75) is 13.0 Å². The Morgan fingerprint density at radius 2 is 1.75 bits per heavy atom. The number of benzene rings is 2. The van der Waals surface area contributed by atoms with E-state index in [1.54, 1.807) is 31.2 Å². The van der Waals surface area contributed by atoms with Crippen molar-refractivity contribution < 1.29 is 14.3 Å². The van der Waals surface area contributed by atoms with Crippen LogP contribution in [0, 0.1) is 0 Å². The Hall–Kier alpha value is -3.87. The topological polar surface area (TPSA) is 100 Å². The first-order valence-electron chi connectivity index (χ1n) is 8.75. The summed E-state index contributed by atoms with van der Waals surface area (Å²) in [5.41, 5.74) is 3.05. The molecular weight excluding hydrogens is 356 g/mol. The maximum absolute atomic E-state index is 12.0. The number of carbonyl (C=O) groups is 1. The van der Waals surface area contributed by atoms with E-state index in [0.29, 0.717) is 28.6 Å². The molecule has 2 aromatic carbocycles. The van der Waals surface area contributed by atoms with Crippen molar-refractivity contribution >= 4 is 17.7 Å². The molecule has 0 fully saturated rings. The average molecular weight is 374 g/mol. The van der Waals surface area contributed by atoms with E-state index in [0.717, 1.165) is 5.56 Å². The second-order valence-corrected chi connectivity index (χ2v) is 6.34. The number of phenols is 1. The largest absolute Gasteiger partial charge is 0.508 e. The summed E-state index contributed by atoms with van der Waals surface area (Å²) in [6.45, 7) is 1.79. The Kier molecular flexibility index (Phi) is 4.63. The third kappa shape index (κ3) is 3.64. The number of nitrogens with zero attached hydrogens (tertiary/aromatic N) is 2. The third-order valence-electron chi connectivity index (χ3n) is 4.35. The predicted octanol–water partition coefficient (Wildman–Crippen LogP) is 3.57. The van der Waals surface area contributed by atoms with Crippen LogP contribution in [0.1, 0.15) is 18.4 Å². The zero-order valence-corrected chi connectivity index (χ0v) is 15.1. The van der Waals surface area contributed by atoms with Gasteiger partial charge in [0.1, 0.15) is 5.75 Å². The number of amides is 2. The normalized spacial score (nSPS) is 16.9. The summed E-state index contributed by atoms with van der Waals surface area (Å²) in [4.78, 5) is 12.0. The molecule has 0 radical (unpaired) electrons. The highest BCUT2D eigenvalue weighted by Crippen LogP contribution is 2.28. The molecule has 0 spiro atoms. The summed E-state index contributed by atoms with van der Waals surface area (Å²) in [6, 6.07) is 15.6. The highest BCUT2D eigenvalue weighted by atomic mass is 16.4. The number of carbonyl (C=O) groups excluding carboxylic acids is 1. The summed E-state index contributed by atoms with van der Waals surface area (Å²) >= 11 is 0. The number of rotatable bonds is 4. The van der Waals surface area contributed by atoms with E-state index in [-0.39, 0.29) is 11.8 Å². The first-order valence-corrected chi connectivity index (χ1v) is 8.75. The number of hydrogen-bond acceptors (Lipinski definition) is 5. The number of hydrogen-bond donors (Lipinski definition) is 3. The van der Waals surface area contributed by atoms with E-state index in [1.807, 2.05) is 42.5 Å². The quantitative estimate of drug-likeness (QED) is 0.648. The first kappa shape index (κ1) is 17.5. The van der Waals surface area contributed by atoms with Gasteiger partial charge in [0.15, 0.2) is 0 Å². The molecule has 7 nitrogen and oxygen atoms in total. The van der Waals surface area contributed by atoms with Crippen LogP contribution >= 0.6 is 0 Å². The van der Waals surface area contributed by atoms with Crippen molar-refractivity contribution in [3.8, 4) is 17.2 Å². The fourth-order valence-corrected chi connectivity index (χ4v) is 2.98. The smallest absolute Gasteiger partial charge is 0.319 e. The molecule has 3 N–H and O–H groups in total. The van der Waals surface area contributed by atoms with Gasteiger partial charge >= 0.3 is 6.03 Å². The van der Waals surface area contributed by atoms with Gasteiger partial charge in [0, 0.05) is 11.3 Å². The molecule has 1 atom stereocenters. The summed E-state index contributed by atoms with van der Waals surface area (Å²) in [5, 5.41) is 23.3. The maximum atomic E-state index is 12.0. The van der Waals surface area contributed by atoms with Crippen LogP contribution in [0.3, 0.4) is 0 Å². The second-order valence-electron chi connectivity index (χ2n) is 6.34. The molecule has 1 aliphatic rings. The Morgan fingerprint density at radius 3 is 2.50 bits per heavy atom. The minimum absolute atomic E-state index is 0.160. The molecule has 3 aromatic rings. The highest BCUT2D eigenvalue weighted by molar-refractivity contribution is 5.87. The molecule has 1 unspecified atom stereocenters. The van der Waals surface area contributed by atoms with Crippen molar-refractivity contribution in [2.75, 3.05) is 0 Å². The lowest BCUT2D eigenvalue weighted by molar-refractivity contribution is 0.241. The number of aromatic hydroxyl groups is 1. The van der Waals surface area contributed by atoms with Gasteiger partial charge in [-0.05, 0) is 36.8 Å². The van der Waals surface area contributed by atoms with Crippen LogP contribution in [0.25, 0.3) is 23.1 Å². The van der Waals surface area contributed by atoms with Crippen molar-refractivity contribution in [2.24, 2.45) is 0 Å². The van der Waals surface area contributed by atoms with Gasteiger partial charge in [0.05, 0.1) is 11.6 Å². The fraction of sp³-hybridized carbons (Fsp3) is 0.0952. The van der Waals surface area contributed by atoms with Gasteiger partial charge in [-0.25, -0.2) is 4.79 Å². The summed E-state index contributed by atoms with van der Waals surface area (Å²) in [7, 11) is 0. The monoisotopic (exact) mass is 374 g/mol. The molecule has 28 heavy (non-hydrogen) atoms. The summed E-state index contributed by atoms with van der Waals surface area (Å²) in [6.07, 6.45) is 3.82. The molecule has 140 valence electrons. The molecule has 4 rings (SSSR count). The zero-order valence-electron chi connectivity index (χ0n) is 15.1. The molecule has 7 heteroatoms. The van der Waals surface area contributed by atoms with Crippen LogP contribution in [0.15, 0.2) is 70.8 Å². The maximum Gasteiger partial charge on any atom is 0.319 e. The van der Waals surface area contributed by atoms with Gasteiger partial charge in [-0.3, -0.25) is 0 Å². The Bertz CT molecular complexity index is 1050. The van der Waals surface area contributed by atoms with E-state index in [1.165, 1.54) is 0 Å². The van der Waals surface area contributed by atoms with Crippen LogP contribution in [-0.4, -0.2) is 27.4 Å². The Morgan fingerprint density at radius 1 is 1.04 bits per heavy atom. The van der Waals surface area contributed by atoms with Gasteiger partial charge < -0.3 is 20.2 Å². The van der Waals surface area contributed by atoms with Crippen molar-refractivity contribution in [3.05, 3.63) is 77.8 Å². The van der Waals surface area contributed by atoms with E-state index in [9.17, 15) is 9.90 Å². The van der Waals surface area contributed by atoms with Crippen LogP contribution in [0.5, 0.6) is 5.75 Å². The zero-order chi connectivity index (χ0) is 19.5. The van der Waals surface area contributed by atoms with Crippen LogP contribution in [0.2, 0.25) is 0 Å². The van der Waals surface area contributed by atoms with E-state index >= 15 is 0 Å². The molecule has 0 saturated carbocycles. The number of phenolic OH excluding ortho intramolecular Hbond substituents is 1. The molecule has 1 aliphatic heterocycles. The van der Waals surface area contributed by atoms with E-state index < -0.39 is 6.04 Å². The second kappa shape index (κ2) is 7.40. The van der Waals surface area contributed by atoms with Crippen LogP contribution < -0.4 is 10.6 Å². The first-order chi connectivity index (χ1) is 13.6. The molecule has 0 saturated heterocycles. The van der Waals surface area contributed by atoms with Crippen LogP contribution in [-0.2, 0) is 0 Å². The standard InChI is InChI=1S/C21H18N4O3/c1-13-18(20-25-24-19(28-20)15-8-10-16(26)11-9-15)17(23-21(27)22-13)12-7-14-5-3-2-4-6-14/h2-12,17,26H,1H3,(H2,22,23,27)/b12-7+. The Labute approximate surface area is 161 Å². The van der Waals surface area contributed by atoms with E-state index in [4.69, 9.17) is 4.42 Å². The molecule has 1 aromatic heterocycles. The number of allylic oxidation sites excluding steroid dienone is 1. The lowest BCUT2D eigenvalue weighted by atomic mass is 10.0. The van der Waals surface area contributed by atoms with Gasteiger partial charge in [0.25, 0.3) is 0 Å². The average Bonchev–Trinajstić information content (AvgIpc) is 3.17. The third-order valence-corrected chi connectivity index (χ3v) is 4.35. The van der Waals surface area contributed by atoms with Crippen LogP contribution in [0.4, 0.5) is 4.79 Å². The van der Waals surface area contributed by atoms with Gasteiger partial charge in [-0.15, -0.1) is 10.2 Å². The number of urea groups is 1. The molecule has 2 heterocycles. The van der Waals surface area contributed by atoms with Crippen molar-refractivity contribution in [1.82, 2.24) is 20.8 Å². The molecule has 2 amide bonds. The minimum atomic E-state index is -0.415. The molecular formula is C21H18N4O3. The Balaban J connectivity index is 1.67. The van der Waals surface area contributed by atoms with Gasteiger partial charge in [0.2, 0.25) is 11.8 Å². The number of aromatic nitrogens is 2. The minimum Gasteiger partial charge on any atom is -0.508 e.